The predicted octanol–water partition coefficient (Wildman–Crippen LogP) is 4.62. The molecule has 8 nitrogen and oxygen atoms in total. The molecule has 0 saturated heterocycles. The zero-order chi connectivity index (χ0) is 24.1. The van der Waals surface area contributed by atoms with E-state index in [4.69, 9.17) is 9.47 Å². The Morgan fingerprint density at radius 3 is 2.67 bits per heavy atom. The summed E-state index contributed by atoms with van der Waals surface area (Å²) in [6.45, 7) is 11.6. The second-order valence-electron chi connectivity index (χ2n) is 7.38. The van der Waals surface area contributed by atoms with Crippen molar-refractivity contribution >= 4 is 23.5 Å². The van der Waals surface area contributed by atoms with Crippen molar-refractivity contribution < 1.29 is 19.1 Å². The van der Waals surface area contributed by atoms with Crippen molar-refractivity contribution in [3.63, 3.8) is 0 Å². The van der Waals surface area contributed by atoms with E-state index in [9.17, 15) is 9.59 Å². The van der Waals surface area contributed by atoms with Crippen LogP contribution in [0.2, 0.25) is 0 Å². The molecule has 0 aliphatic carbocycles. The molecule has 0 fully saturated rings. The summed E-state index contributed by atoms with van der Waals surface area (Å²) < 4.78 is 12.5. The van der Waals surface area contributed by atoms with E-state index in [2.05, 4.69) is 21.8 Å². The predicted molar refractivity (Wildman–Crippen MR) is 128 cm³/mol. The third-order valence-electron chi connectivity index (χ3n) is 5.19. The number of para-hydroxylation sites is 1. The molecule has 0 saturated carbocycles. The number of aryl methyl sites for hydroxylation is 1. The minimum Gasteiger partial charge on any atom is -0.496 e. The number of hydrogen-bond donors (Lipinski definition) is 1. The number of thioether (sulfide) groups is 1. The smallest absolute Gasteiger partial charge is 0.340 e. The Morgan fingerprint density at radius 2 is 2.00 bits per heavy atom. The Kier molecular flexibility index (Phi) is 7.75. The van der Waals surface area contributed by atoms with Crippen LogP contribution in [0.3, 0.4) is 0 Å². The topological polar surface area (TPSA) is 99.1 Å². The molecule has 0 bridgehead atoms. The van der Waals surface area contributed by atoms with Crippen LogP contribution in [0.5, 0.6) is 5.75 Å². The van der Waals surface area contributed by atoms with Gasteiger partial charge in [-0.1, -0.05) is 30.0 Å². The first kappa shape index (κ1) is 24.3. The van der Waals surface area contributed by atoms with Crippen molar-refractivity contribution in [1.82, 2.24) is 19.7 Å². The highest BCUT2D eigenvalue weighted by Gasteiger charge is 2.28. The fourth-order valence-electron chi connectivity index (χ4n) is 3.62. The number of esters is 1. The minimum atomic E-state index is -0.477. The largest absolute Gasteiger partial charge is 0.496 e. The maximum atomic E-state index is 13.3. The lowest BCUT2D eigenvalue weighted by Gasteiger charge is -2.13. The molecule has 2 heterocycles. The van der Waals surface area contributed by atoms with Gasteiger partial charge in [0.2, 0.25) is 0 Å². The Morgan fingerprint density at radius 1 is 1.27 bits per heavy atom. The molecular formula is C24H28N4O4S. The molecule has 0 unspecified atom stereocenters. The number of nitrogens with zero attached hydrogens (tertiary/aromatic N) is 3. The van der Waals surface area contributed by atoms with E-state index in [1.165, 1.54) is 11.8 Å². The molecule has 0 aliphatic heterocycles. The molecule has 2 aromatic heterocycles. The van der Waals surface area contributed by atoms with Gasteiger partial charge in [-0.2, -0.15) is 0 Å². The highest BCUT2D eigenvalue weighted by Crippen LogP contribution is 2.33. The quantitative estimate of drug-likeness (QED) is 0.200. The Bertz CT molecular complexity index is 1180. The van der Waals surface area contributed by atoms with E-state index >= 15 is 0 Å². The van der Waals surface area contributed by atoms with Crippen molar-refractivity contribution in [2.24, 2.45) is 0 Å². The molecule has 3 rings (SSSR count). The summed E-state index contributed by atoms with van der Waals surface area (Å²) in [5.41, 5.74) is 2.81. The van der Waals surface area contributed by atoms with Gasteiger partial charge in [0.1, 0.15) is 5.75 Å². The molecule has 1 N–H and O–H groups in total. The normalized spacial score (nSPS) is 11.8. The number of carbonyl (C=O) groups is 2. The number of allylic oxidation sites excluding steroid dienone is 1. The molecule has 1 aromatic carbocycles. The number of Topliss-reactive ketones (excluding diaryl/α,β-unsaturated/α-hetero) is 1. The van der Waals surface area contributed by atoms with Gasteiger partial charge in [0.15, 0.2) is 16.8 Å². The van der Waals surface area contributed by atoms with Crippen LogP contribution in [0.15, 0.2) is 42.1 Å². The van der Waals surface area contributed by atoms with Gasteiger partial charge in [-0.05, 0) is 45.4 Å². The van der Waals surface area contributed by atoms with Crippen molar-refractivity contribution in [2.75, 3.05) is 13.7 Å². The van der Waals surface area contributed by atoms with Gasteiger partial charge >= 0.3 is 5.97 Å². The minimum absolute atomic E-state index is 0.136. The van der Waals surface area contributed by atoms with Crippen LogP contribution in [-0.2, 0) is 11.3 Å². The maximum Gasteiger partial charge on any atom is 0.340 e. The standard InChI is InChI=1S/C24H28N4O4S/c1-7-13-28-22(17-11-9-10-12-18(17)31-6)26-27-24(28)33-16(5)21(29)20-14(3)19(15(4)25-20)23(30)32-8-2/h7,9-12,16,25H,1,8,13H2,2-6H3/t16-/m0/s1. The van der Waals surface area contributed by atoms with Crippen molar-refractivity contribution in [3.05, 3.63) is 59.4 Å². The van der Waals surface area contributed by atoms with E-state index in [-0.39, 0.29) is 12.4 Å². The summed E-state index contributed by atoms with van der Waals surface area (Å²) in [4.78, 5) is 28.6. The number of ketones is 1. The van der Waals surface area contributed by atoms with Gasteiger partial charge in [0, 0.05) is 12.2 Å². The van der Waals surface area contributed by atoms with Crippen LogP contribution in [0, 0.1) is 13.8 Å². The summed E-state index contributed by atoms with van der Waals surface area (Å²) in [5, 5.41) is 8.81. The molecule has 174 valence electrons. The lowest BCUT2D eigenvalue weighted by Crippen LogP contribution is -2.16. The third kappa shape index (κ3) is 4.88. The van der Waals surface area contributed by atoms with E-state index in [1.54, 1.807) is 34.0 Å². The summed E-state index contributed by atoms with van der Waals surface area (Å²) in [6.07, 6.45) is 1.75. The van der Waals surface area contributed by atoms with Crippen molar-refractivity contribution in [3.8, 4) is 17.1 Å². The second-order valence-corrected chi connectivity index (χ2v) is 8.68. The number of benzene rings is 1. The molecule has 3 aromatic rings. The summed E-state index contributed by atoms with van der Waals surface area (Å²) >= 11 is 1.30. The third-order valence-corrected chi connectivity index (χ3v) is 6.27. The number of aromatic amines is 1. The molecule has 0 aliphatic rings. The number of H-pyrrole nitrogens is 1. The zero-order valence-corrected chi connectivity index (χ0v) is 20.3. The van der Waals surface area contributed by atoms with Gasteiger partial charge in [0.25, 0.3) is 0 Å². The van der Waals surface area contributed by atoms with Gasteiger partial charge in [0.05, 0.1) is 35.8 Å². The molecule has 1 atom stereocenters. The van der Waals surface area contributed by atoms with Crippen LogP contribution >= 0.6 is 11.8 Å². The average Bonchev–Trinajstić information content (AvgIpc) is 3.33. The summed E-state index contributed by atoms with van der Waals surface area (Å²) in [7, 11) is 1.61. The van der Waals surface area contributed by atoms with Gasteiger partial charge in [-0.3, -0.25) is 9.36 Å². The van der Waals surface area contributed by atoms with Crippen LogP contribution < -0.4 is 4.74 Å². The number of hydrogen-bond acceptors (Lipinski definition) is 7. The highest BCUT2D eigenvalue weighted by molar-refractivity contribution is 8.00. The lowest BCUT2D eigenvalue weighted by atomic mass is 10.1. The van der Waals surface area contributed by atoms with Crippen LogP contribution in [0.25, 0.3) is 11.4 Å². The van der Waals surface area contributed by atoms with Gasteiger partial charge < -0.3 is 14.5 Å². The Balaban J connectivity index is 1.91. The molecule has 9 heteroatoms. The van der Waals surface area contributed by atoms with E-state index in [1.807, 2.05) is 35.8 Å². The number of methoxy groups -OCH3 is 1. The summed E-state index contributed by atoms with van der Waals surface area (Å²) in [5.74, 6) is 0.740. The Labute approximate surface area is 197 Å². The molecule has 0 spiro atoms. The molecule has 33 heavy (non-hydrogen) atoms. The monoisotopic (exact) mass is 468 g/mol. The van der Waals surface area contributed by atoms with E-state index in [0.29, 0.717) is 45.8 Å². The fourth-order valence-corrected chi connectivity index (χ4v) is 4.54. The number of carbonyl (C=O) groups excluding carboxylic acids is 2. The number of nitrogens with one attached hydrogen (secondary N) is 1. The van der Waals surface area contributed by atoms with Crippen LogP contribution in [0.4, 0.5) is 0 Å². The van der Waals surface area contributed by atoms with E-state index < -0.39 is 11.2 Å². The second kappa shape index (κ2) is 10.5. The van der Waals surface area contributed by atoms with Crippen LogP contribution in [-0.4, -0.2) is 50.5 Å². The molecule has 0 radical (unpaired) electrons. The van der Waals surface area contributed by atoms with Gasteiger partial charge in [-0.15, -0.1) is 16.8 Å². The Hall–Kier alpha value is -3.33. The average molecular weight is 469 g/mol. The SMILES string of the molecule is C=CCn1c(S[C@@H](C)C(=O)c2[nH]c(C)c(C(=O)OCC)c2C)nnc1-c1ccccc1OC. The lowest BCUT2D eigenvalue weighted by molar-refractivity contribution is 0.0525. The van der Waals surface area contributed by atoms with Gasteiger partial charge in [-0.25, -0.2) is 4.79 Å². The van der Waals surface area contributed by atoms with Crippen LogP contribution in [0.1, 0.15) is 46.0 Å². The van der Waals surface area contributed by atoms with Crippen molar-refractivity contribution in [1.29, 1.82) is 0 Å². The summed E-state index contributed by atoms with van der Waals surface area (Å²) in [6, 6.07) is 7.56. The molecule has 0 amide bonds. The van der Waals surface area contributed by atoms with Crippen molar-refractivity contribution in [2.45, 2.75) is 44.6 Å². The highest BCUT2D eigenvalue weighted by atomic mass is 32.2. The first-order chi connectivity index (χ1) is 15.8. The first-order valence-corrected chi connectivity index (χ1v) is 11.5. The molecular weight excluding hydrogens is 440 g/mol. The number of aromatic nitrogens is 4. The maximum absolute atomic E-state index is 13.3. The first-order valence-electron chi connectivity index (χ1n) is 10.6. The number of rotatable bonds is 10. The fraction of sp³-hybridized carbons (Fsp3) is 0.333. The zero-order valence-electron chi connectivity index (χ0n) is 19.5. The van der Waals surface area contributed by atoms with E-state index in [0.717, 1.165) is 5.56 Å². The number of ether oxygens (including phenoxy) is 2.